The van der Waals surface area contributed by atoms with E-state index in [1.54, 1.807) is 42.5 Å². The number of nitrogens with one attached hydrogen (secondary N) is 1. The third-order valence-electron chi connectivity index (χ3n) is 3.91. The fraction of sp³-hybridized carbons (Fsp3) is 0.211. The van der Waals surface area contributed by atoms with Crippen LogP contribution in [0.3, 0.4) is 0 Å². The number of carbonyl (C=O) groups is 2. The van der Waals surface area contributed by atoms with Crippen molar-refractivity contribution in [3.05, 3.63) is 48.0 Å². The van der Waals surface area contributed by atoms with E-state index in [1.807, 2.05) is 6.07 Å². The summed E-state index contributed by atoms with van der Waals surface area (Å²) < 4.78 is 10.6. The summed E-state index contributed by atoms with van der Waals surface area (Å²) in [7, 11) is 0. The maximum atomic E-state index is 12.2. The smallest absolute Gasteiger partial charge is 0.231 e. The number of hydrogen-bond acceptors (Lipinski definition) is 5. The molecule has 0 aliphatic carbocycles. The molecule has 7 heteroatoms. The Kier molecular flexibility index (Phi) is 5.04. The maximum Gasteiger partial charge on any atom is 0.231 e. The molecule has 0 fully saturated rings. The van der Waals surface area contributed by atoms with Crippen molar-refractivity contribution in [3.8, 4) is 17.6 Å². The van der Waals surface area contributed by atoms with Crippen molar-refractivity contribution in [1.29, 1.82) is 5.26 Å². The Morgan fingerprint density at radius 3 is 2.58 bits per heavy atom. The zero-order valence-corrected chi connectivity index (χ0v) is 14.2. The van der Waals surface area contributed by atoms with Gasteiger partial charge in [-0.15, -0.1) is 0 Å². The van der Waals surface area contributed by atoms with Gasteiger partial charge in [0.1, 0.15) is 0 Å². The van der Waals surface area contributed by atoms with E-state index >= 15 is 0 Å². The van der Waals surface area contributed by atoms with Gasteiger partial charge in [-0.05, 0) is 36.4 Å². The second kappa shape index (κ2) is 7.57. The van der Waals surface area contributed by atoms with Crippen molar-refractivity contribution in [2.75, 3.05) is 23.6 Å². The van der Waals surface area contributed by atoms with Crippen molar-refractivity contribution in [3.63, 3.8) is 0 Å². The maximum absolute atomic E-state index is 12.2. The normalized spacial score (nSPS) is 11.5. The molecule has 0 aromatic heterocycles. The topological polar surface area (TPSA) is 91.7 Å². The van der Waals surface area contributed by atoms with E-state index in [0.717, 1.165) is 0 Å². The van der Waals surface area contributed by atoms with Crippen LogP contribution < -0.4 is 19.7 Å². The summed E-state index contributed by atoms with van der Waals surface area (Å²) in [4.78, 5) is 25.6. The summed E-state index contributed by atoms with van der Waals surface area (Å²) in [5.41, 5.74) is 1.77. The van der Waals surface area contributed by atoms with Gasteiger partial charge >= 0.3 is 0 Å². The number of anilines is 2. The number of carbonyl (C=O) groups excluding carboxylic acids is 2. The van der Waals surface area contributed by atoms with Crippen LogP contribution in [0.1, 0.15) is 18.9 Å². The third-order valence-corrected chi connectivity index (χ3v) is 3.91. The quantitative estimate of drug-likeness (QED) is 0.894. The highest BCUT2D eigenvalue weighted by molar-refractivity contribution is 5.95. The van der Waals surface area contributed by atoms with Gasteiger partial charge in [0, 0.05) is 37.3 Å². The second-order valence-corrected chi connectivity index (χ2v) is 5.70. The van der Waals surface area contributed by atoms with Crippen LogP contribution >= 0.6 is 0 Å². The Morgan fingerprint density at radius 1 is 1.15 bits per heavy atom. The molecule has 2 aromatic rings. The Balaban J connectivity index is 1.62. The van der Waals surface area contributed by atoms with Crippen LogP contribution in [0.2, 0.25) is 0 Å². The number of fused-ring (bicyclic) bond motifs is 1. The van der Waals surface area contributed by atoms with Gasteiger partial charge in [-0.1, -0.05) is 0 Å². The van der Waals surface area contributed by atoms with Crippen LogP contribution in [0.15, 0.2) is 42.5 Å². The van der Waals surface area contributed by atoms with Gasteiger partial charge in [-0.2, -0.15) is 5.26 Å². The van der Waals surface area contributed by atoms with Crippen molar-refractivity contribution in [2.45, 2.75) is 13.3 Å². The Hall–Kier alpha value is -3.53. The number of nitriles is 1. The predicted molar refractivity (Wildman–Crippen MR) is 95.0 cm³/mol. The number of hydrogen-bond donors (Lipinski definition) is 1. The molecule has 0 saturated carbocycles. The van der Waals surface area contributed by atoms with E-state index in [9.17, 15) is 9.59 Å². The Labute approximate surface area is 150 Å². The summed E-state index contributed by atoms with van der Waals surface area (Å²) in [5.74, 6) is 0.823. The molecule has 0 bridgehead atoms. The lowest BCUT2D eigenvalue weighted by atomic mass is 10.2. The average Bonchev–Trinajstić information content (AvgIpc) is 3.10. The molecule has 1 aliphatic rings. The van der Waals surface area contributed by atoms with E-state index in [0.29, 0.717) is 28.4 Å². The first-order valence-electron chi connectivity index (χ1n) is 8.04. The lowest BCUT2D eigenvalue weighted by Crippen LogP contribution is -2.31. The van der Waals surface area contributed by atoms with Gasteiger partial charge in [0.2, 0.25) is 18.6 Å². The summed E-state index contributed by atoms with van der Waals surface area (Å²) in [5, 5.41) is 11.5. The molecule has 3 rings (SSSR count). The Morgan fingerprint density at radius 2 is 1.88 bits per heavy atom. The molecular weight excluding hydrogens is 334 g/mol. The van der Waals surface area contributed by atoms with Gasteiger partial charge in [-0.3, -0.25) is 9.59 Å². The van der Waals surface area contributed by atoms with Crippen LogP contribution in [-0.4, -0.2) is 25.2 Å². The molecule has 1 N–H and O–H groups in total. The van der Waals surface area contributed by atoms with Crippen molar-refractivity contribution >= 4 is 23.2 Å². The van der Waals surface area contributed by atoms with Gasteiger partial charge in [0.25, 0.3) is 0 Å². The highest BCUT2D eigenvalue weighted by Gasteiger charge is 2.19. The van der Waals surface area contributed by atoms with Crippen LogP contribution in [0.25, 0.3) is 0 Å². The highest BCUT2D eigenvalue weighted by Crippen LogP contribution is 2.35. The lowest BCUT2D eigenvalue weighted by Gasteiger charge is -2.21. The minimum Gasteiger partial charge on any atom is -0.454 e. The molecule has 132 valence electrons. The lowest BCUT2D eigenvalue weighted by molar-refractivity contribution is -0.117. The summed E-state index contributed by atoms with van der Waals surface area (Å²) >= 11 is 0. The average molecular weight is 351 g/mol. The molecular formula is C19H17N3O4. The molecule has 0 radical (unpaired) electrons. The molecule has 0 unspecified atom stereocenters. The molecule has 2 aromatic carbocycles. The fourth-order valence-corrected chi connectivity index (χ4v) is 2.59. The summed E-state index contributed by atoms with van der Waals surface area (Å²) in [6, 6.07) is 13.8. The molecule has 2 amide bonds. The summed E-state index contributed by atoms with van der Waals surface area (Å²) in [6.07, 6.45) is 0.133. The summed E-state index contributed by atoms with van der Waals surface area (Å²) in [6.45, 7) is 1.84. The predicted octanol–water partition coefficient (Wildman–Crippen LogP) is 2.67. The highest BCUT2D eigenvalue weighted by atomic mass is 16.7. The van der Waals surface area contributed by atoms with Gasteiger partial charge < -0.3 is 19.7 Å². The molecule has 0 saturated heterocycles. The van der Waals surface area contributed by atoms with Gasteiger partial charge in [-0.25, -0.2) is 0 Å². The fourth-order valence-electron chi connectivity index (χ4n) is 2.59. The minimum absolute atomic E-state index is 0.133. The van der Waals surface area contributed by atoms with Crippen molar-refractivity contribution in [1.82, 2.24) is 0 Å². The first kappa shape index (κ1) is 17.3. The van der Waals surface area contributed by atoms with E-state index in [1.165, 1.54) is 11.8 Å². The van der Waals surface area contributed by atoms with Crippen molar-refractivity contribution in [2.24, 2.45) is 0 Å². The molecule has 1 aliphatic heterocycles. The number of benzene rings is 2. The zero-order chi connectivity index (χ0) is 18.5. The standard InChI is InChI=1S/C19H17N3O4/c1-13(23)22(16-6-7-17-18(10-16)26-12-25-17)9-8-19(24)21-15-4-2-14(11-20)3-5-15/h2-7,10H,8-9,12H2,1H3,(H,21,24). The monoisotopic (exact) mass is 351 g/mol. The second-order valence-electron chi connectivity index (χ2n) is 5.70. The first-order chi connectivity index (χ1) is 12.6. The molecule has 0 spiro atoms. The number of rotatable bonds is 5. The first-order valence-corrected chi connectivity index (χ1v) is 8.04. The zero-order valence-electron chi connectivity index (χ0n) is 14.2. The van der Waals surface area contributed by atoms with Gasteiger partial charge in [0.15, 0.2) is 11.5 Å². The third kappa shape index (κ3) is 3.92. The Bertz CT molecular complexity index is 871. The largest absolute Gasteiger partial charge is 0.454 e. The van der Waals surface area contributed by atoms with Gasteiger partial charge in [0.05, 0.1) is 11.6 Å². The van der Waals surface area contributed by atoms with Crippen LogP contribution in [-0.2, 0) is 9.59 Å². The van der Waals surface area contributed by atoms with Crippen LogP contribution in [0.5, 0.6) is 11.5 Å². The number of nitrogens with zero attached hydrogens (tertiary/aromatic N) is 2. The van der Waals surface area contributed by atoms with E-state index in [4.69, 9.17) is 14.7 Å². The van der Waals surface area contributed by atoms with Crippen LogP contribution in [0, 0.1) is 11.3 Å². The molecule has 1 heterocycles. The van der Waals surface area contributed by atoms with Crippen molar-refractivity contribution < 1.29 is 19.1 Å². The molecule has 7 nitrogen and oxygen atoms in total. The van der Waals surface area contributed by atoms with E-state index in [2.05, 4.69) is 5.32 Å². The SMILES string of the molecule is CC(=O)N(CCC(=O)Nc1ccc(C#N)cc1)c1ccc2c(c1)OCO2. The molecule has 26 heavy (non-hydrogen) atoms. The molecule has 0 atom stereocenters. The number of ether oxygens (including phenoxy) is 2. The number of amides is 2. The van der Waals surface area contributed by atoms with E-state index < -0.39 is 0 Å². The minimum atomic E-state index is -0.221. The van der Waals surface area contributed by atoms with E-state index in [-0.39, 0.29) is 31.6 Å². The van der Waals surface area contributed by atoms with Crippen LogP contribution in [0.4, 0.5) is 11.4 Å².